The summed E-state index contributed by atoms with van der Waals surface area (Å²) in [6, 6.07) is 7.96. The van der Waals surface area contributed by atoms with Crippen LogP contribution in [0.15, 0.2) is 18.2 Å². The third-order valence-corrected chi connectivity index (χ3v) is 30.3. The van der Waals surface area contributed by atoms with Gasteiger partial charge in [-0.2, -0.15) is 0 Å². The Hall–Kier alpha value is -0.532. The number of hydrogen-bond donors (Lipinski definition) is 0. The molecular formula is C42H75ClSi7. The van der Waals surface area contributed by atoms with E-state index < -0.39 is 55.8 Å². The molecule has 0 aliphatic rings. The predicted octanol–water partition coefficient (Wildman–Crippen LogP) is 8.01. The van der Waals surface area contributed by atoms with E-state index in [0.717, 1.165) is 0 Å². The smallest absolute Gasteiger partial charge is 0.149 e. The molecule has 0 unspecified atom stereocenters. The molecule has 0 nitrogen and oxygen atoms in total. The van der Waals surface area contributed by atoms with Gasteiger partial charge in [-0.25, -0.2) is 0 Å². The highest BCUT2D eigenvalue weighted by atomic mass is 35.6. The molecule has 3 aromatic rings. The van der Waals surface area contributed by atoms with Crippen LogP contribution < -0.4 is 46.7 Å². The van der Waals surface area contributed by atoms with Crippen LogP contribution in [0.25, 0.3) is 0 Å². The lowest BCUT2D eigenvalue weighted by molar-refractivity contribution is 1.36. The first-order valence-corrected chi connectivity index (χ1v) is 43.2. The molecule has 0 amide bonds. The Morgan fingerprint density at radius 2 is 0.460 bits per heavy atom. The van der Waals surface area contributed by atoms with E-state index in [1.54, 1.807) is 46.7 Å². The molecule has 0 saturated carbocycles. The molecule has 0 aliphatic heterocycles. The molecule has 8 heteroatoms. The Labute approximate surface area is 322 Å². The molecule has 0 N–H and O–H groups in total. The van der Waals surface area contributed by atoms with E-state index in [-0.39, 0.29) is 0 Å². The van der Waals surface area contributed by atoms with Gasteiger partial charge in [0.2, 0.25) is 7.38 Å². The van der Waals surface area contributed by atoms with Crippen molar-refractivity contribution in [2.75, 3.05) is 0 Å². The maximum atomic E-state index is 9.34. The van der Waals surface area contributed by atoms with E-state index in [9.17, 15) is 11.1 Å². The van der Waals surface area contributed by atoms with E-state index >= 15 is 0 Å². The third-order valence-electron chi connectivity index (χ3n) is 11.2. The van der Waals surface area contributed by atoms with Crippen LogP contribution in [0.3, 0.4) is 0 Å². The van der Waals surface area contributed by atoms with Gasteiger partial charge in [0.05, 0.1) is 48.4 Å². The number of aryl methyl sites for hydroxylation is 3. The quantitative estimate of drug-likeness (QED) is 0.117. The van der Waals surface area contributed by atoms with Gasteiger partial charge in [-0.15, -0.1) is 11.1 Å². The second kappa shape index (κ2) is 13.6. The van der Waals surface area contributed by atoms with Gasteiger partial charge in [0.25, 0.3) is 0 Å². The standard InChI is InChI=1S/C42H75ClSi7/c1-28-25-34(40(47(16,17)18)37(31(28)4)44(7,8)9)50(43,35-26-29(2)32(5)38(45(10,11)12)41(35)48(19,20)21)36-27-30(3)33(6)39(46(13,14)15)42(36)49(22,23)24/h25-27H,1-24H3. The van der Waals surface area contributed by atoms with Gasteiger partial charge >= 0.3 is 0 Å². The van der Waals surface area contributed by atoms with Crippen molar-refractivity contribution < 1.29 is 0 Å². The molecule has 0 spiro atoms. The summed E-state index contributed by atoms with van der Waals surface area (Å²) in [5.41, 5.74) is 8.89. The average molecular weight is 812 g/mol. The monoisotopic (exact) mass is 810 g/mol. The molecule has 0 heterocycles. The fourth-order valence-corrected chi connectivity index (χ4v) is 39.0. The lowest BCUT2D eigenvalue weighted by Gasteiger charge is -2.44. The average Bonchev–Trinajstić information content (AvgIpc) is 2.87. The molecule has 50 heavy (non-hydrogen) atoms. The second-order valence-corrected chi connectivity index (χ2v) is 56.6. The Kier molecular flexibility index (Phi) is 12.0. The fraction of sp³-hybridized carbons (Fsp3) is 0.571. The number of hydrogen-bond acceptors (Lipinski definition) is 0. The van der Waals surface area contributed by atoms with Crippen molar-refractivity contribution in [3.63, 3.8) is 0 Å². The zero-order valence-electron chi connectivity index (χ0n) is 37.1. The third kappa shape index (κ3) is 7.96. The van der Waals surface area contributed by atoms with Crippen LogP contribution in [0.2, 0.25) is 118 Å². The largest absolute Gasteiger partial charge is 0.247 e. The zero-order chi connectivity index (χ0) is 39.3. The Bertz CT molecular complexity index is 1600. The minimum Gasteiger partial charge on any atom is -0.149 e. The van der Waals surface area contributed by atoms with Gasteiger partial charge < -0.3 is 0 Å². The van der Waals surface area contributed by atoms with Crippen LogP contribution in [0.4, 0.5) is 0 Å². The molecule has 0 radical (unpaired) electrons. The van der Waals surface area contributed by atoms with Crippen molar-refractivity contribution in [1.29, 1.82) is 0 Å². The zero-order valence-corrected chi connectivity index (χ0v) is 44.9. The van der Waals surface area contributed by atoms with Crippen molar-refractivity contribution in [2.45, 2.75) is 159 Å². The highest BCUT2D eigenvalue weighted by Gasteiger charge is 2.51. The van der Waals surface area contributed by atoms with E-state index in [0.29, 0.717) is 0 Å². The molecule has 0 aliphatic carbocycles. The molecule has 0 saturated heterocycles. The van der Waals surface area contributed by atoms with Crippen LogP contribution in [-0.2, 0) is 0 Å². The van der Waals surface area contributed by atoms with Gasteiger partial charge in [-0.1, -0.05) is 167 Å². The molecule has 0 aromatic heterocycles. The molecule has 0 fully saturated rings. The number of halogens is 1. The SMILES string of the molecule is Cc1cc([Si](Cl)(c2cc(C)c(C)c([Si](C)(C)C)c2[Si](C)(C)C)c2cc(C)c(C)c([Si](C)(C)C)c2[Si](C)(C)C)c([Si](C)(C)C)c([Si](C)(C)C)c1C. The highest BCUT2D eigenvalue weighted by molar-refractivity contribution is 7.43. The normalized spacial score (nSPS) is 14.1. The molecule has 3 aromatic carbocycles. The topological polar surface area (TPSA) is 0 Å². The summed E-state index contributed by atoms with van der Waals surface area (Å²) in [6.45, 7) is 61.2. The maximum absolute atomic E-state index is 9.34. The Morgan fingerprint density at radius 3 is 0.600 bits per heavy atom. The summed E-state index contributed by atoms with van der Waals surface area (Å²) in [5, 5.41) is 14.9. The summed E-state index contributed by atoms with van der Waals surface area (Å²) < 4.78 is 0. The molecule has 278 valence electrons. The van der Waals surface area contributed by atoms with Crippen LogP contribution in [0.1, 0.15) is 33.4 Å². The number of rotatable bonds is 9. The van der Waals surface area contributed by atoms with Crippen LogP contribution in [-0.4, -0.2) is 55.8 Å². The van der Waals surface area contributed by atoms with E-state index in [1.165, 1.54) is 33.4 Å². The molecule has 0 bridgehead atoms. The summed E-state index contributed by atoms with van der Waals surface area (Å²) >= 11 is 9.34. The molecular weight excluding hydrogens is 737 g/mol. The van der Waals surface area contributed by atoms with Crippen LogP contribution in [0, 0.1) is 41.5 Å². The Balaban J connectivity index is 3.09. The van der Waals surface area contributed by atoms with Crippen molar-refractivity contribution in [3.05, 3.63) is 51.6 Å². The van der Waals surface area contributed by atoms with Crippen LogP contribution in [0.5, 0.6) is 0 Å². The van der Waals surface area contributed by atoms with Crippen LogP contribution >= 0.6 is 11.1 Å². The minimum absolute atomic E-state index is 1.43. The van der Waals surface area contributed by atoms with E-state index in [4.69, 9.17) is 0 Å². The maximum Gasteiger partial charge on any atom is 0.247 e. The van der Waals surface area contributed by atoms with E-state index in [1.807, 2.05) is 0 Å². The fourth-order valence-electron chi connectivity index (χ4n) is 9.15. The molecule has 0 atom stereocenters. The van der Waals surface area contributed by atoms with Gasteiger partial charge in [-0.05, 0) is 90.5 Å². The van der Waals surface area contributed by atoms with Gasteiger partial charge in [0, 0.05) is 0 Å². The first kappa shape index (κ1) is 43.9. The summed E-state index contributed by atoms with van der Waals surface area (Å²) in [4.78, 5) is 0. The second-order valence-electron chi connectivity index (χ2n) is 22.0. The lowest BCUT2D eigenvalue weighted by atomic mass is 10.1. The number of benzene rings is 3. The van der Waals surface area contributed by atoms with Crippen molar-refractivity contribution in [3.8, 4) is 0 Å². The van der Waals surface area contributed by atoms with Gasteiger partial charge in [0.1, 0.15) is 0 Å². The summed E-state index contributed by atoms with van der Waals surface area (Å²) in [5.74, 6) is 0. The summed E-state index contributed by atoms with van der Waals surface area (Å²) in [7, 11) is -14.2. The highest BCUT2D eigenvalue weighted by Crippen LogP contribution is 2.24. The van der Waals surface area contributed by atoms with Crippen molar-refractivity contribution in [1.82, 2.24) is 0 Å². The van der Waals surface area contributed by atoms with E-state index in [2.05, 4.69) is 178 Å². The predicted molar refractivity (Wildman–Crippen MR) is 256 cm³/mol. The van der Waals surface area contributed by atoms with Gasteiger partial charge in [-0.3, -0.25) is 0 Å². The first-order chi connectivity index (χ1) is 22.0. The van der Waals surface area contributed by atoms with Crippen molar-refractivity contribution in [2.24, 2.45) is 0 Å². The minimum atomic E-state index is -3.19. The molecule has 3 rings (SSSR count). The lowest BCUT2D eigenvalue weighted by Crippen LogP contribution is -2.82. The Morgan fingerprint density at radius 1 is 0.300 bits per heavy atom. The first-order valence-electron chi connectivity index (χ1n) is 19.2. The van der Waals surface area contributed by atoms with Gasteiger partial charge in [0.15, 0.2) is 0 Å². The van der Waals surface area contributed by atoms with Crippen molar-refractivity contribution >= 4 is 114 Å². The summed E-state index contributed by atoms with van der Waals surface area (Å²) in [6.07, 6.45) is 0.